The number of ether oxygens (including phenoxy) is 2. The summed E-state index contributed by atoms with van der Waals surface area (Å²) in [5.74, 6) is -0.827. The van der Waals surface area contributed by atoms with Gasteiger partial charge in [-0.1, -0.05) is 12.1 Å². The van der Waals surface area contributed by atoms with E-state index < -0.39 is 12.1 Å². The van der Waals surface area contributed by atoms with Crippen molar-refractivity contribution in [1.82, 2.24) is 0 Å². The van der Waals surface area contributed by atoms with E-state index in [1.165, 1.54) is 18.2 Å². The first kappa shape index (κ1) is 10.4. The zero-order chi connectivity index (χ0) is 10.6. The largest absolute Gasteiger partial charge is 0.573 e. The lowest BCUT2D eigenvalue weighted by Gasteiger charge is -2.10. The highest BCUT2D eigenvalue weighted by atomic mass is 19.4. The Morgan fingerprint density at radius 3 is 2.21 bits per heavy atom. The average molecular weight is 206 g/mol. The summed E-state index contributed by atoms with van der Waals surface area (Å²) in [5, 5.41) is 0. The molecule has 0 aliphatic carbocycles. The maximum atomic E-state index is 11.8. The maximum absolute atomic E-state index is 11.8. The summed E-state index contributed by atoms with van der Waals surface area (Å²) in [6, 6.07) is 4.99. The van der Waals surface area contributed by atoms with Crippen molar-refractivity contribution in [2.75, 3.05) is 0 Å². The fourth-order valence-electron chi connectivity index (χ4n) is 0.808. The van der Waals surface area contributed by atoms with Gasteiger partial charge in [-0.3, -0.25) is 4.79 Å². The van der Waals surface area contributed by atoms with Crippen LogP contribution in [0.4, 0.5) is 13.2 Å². The van der Waals surface area contributed by atoms with Crippen molar-refractivity contribution >= 4 is 6.47 Å². The Bertz CT molecular complexity index is 322. The molecule has 1 aromatic rings. The first-order valence-electron chi connectivity index (χ1n) is 3.48. The van der Waals surface area contributed by atoms with Gasteiger partial charge in [0.25, 0.3) is 6.47 Å². The normalized spacial score (nSPS) is 10.8. The molecule has 0 fully saturated rings. The molecular weight excluding hydrogens is 201 g/mol. The van der Waals surface area contributed by atoms with Crippen LogP contribution in [0, 0.1) is 0 Å². The molecule has 1 rings (SSSR count). The molecule has 0 bridgehead atoms. The van der Waals surface area contributed by atoms with E-state index in [-0.39, 0.29) is 12.2 Å². The minimum absolute atomic E-state index is 0.0264. The third-order valence-electron chi connectivity index (χ3n) is 1.25. The van der Waals surface area contributed by atoms with Gasteiger partial charge in [-0.15, -0.1) is 13.2 Å². The van der Waals surface area contributed by atoms with Crippen LogP contribution < -0.4 is 9.47 Å². The van der Waals surface area contributed by atoms with Crippen LogP contribution in [0.2, 0.25) is 0 Å². The van der Waals surface area contributed by atoms with Gasteiger partial charge in [0, 0.05) is 0 Å². The number of hydrogen-bond donors (Lipinski definition) is 0. The third-order valence-corrected chi connectivity index (χ3v) is 1.25. The number of carbonyl (C=O) groups is 1. The van der Waals surface area contributed by atoms with Gasteiger partial charge >= 0.3 is 6.36 Å². The molecule has 0 aliphatic heterocycles. The molecule has 14 heavy (non-hydrogen) atoms. The van der Waals surface area contributed by atoms with Crippen molar-refractivity contribution in [3.05, 3.63) is 24.3 Å². The Morgan fingerprint density at radius 1 is 1.14 bits per heavy atom. The van der Waals surface area contributed by atoms with Crippen LogP contribution in [0.3, 0.4) is 0 Å². The molecule has 1 aromatic carbocycles. The molecule has 0 unspecified atom stereocenters. The summed E-state index contributed by atoms with van der Waals surface area (Å²) in [6.45, 7) is 0.0264. The van der Waals surface area contributed by atoms with Gasteiger partial charge in [0.2, 0.25) is 0 Å². The lowest BCUT2D eigenvalue weighted by molar-refractivity contribution is -0.275. The van der Waals surface area contributed by atoms with Crippen molar-refractivity contribution in [1.29, 1.82) is 0 Å². The van der Waals surface area contributed by atoms with Crippen molar-refractivity contribution < 1.29 is 27.4 Å². The highest BCUT2D eigenvalue weighted by Gasteiger charge is 2.32. The van der Waals surface area contributed by atoms with Crippen molar-refractivity contribution in [2.24, 2.45) is 0 Å². The number of benzene rings is 1. The predicted octanol–water partition coefficient (Wildman–Crippen LogP) is 2.12. The van der Waals surface area contributed by atoms with Crippen molar-refractivity contribution in [3.63, 3.8) is 0 Å². The molecule has 0 aromatic heterocycles. The van der Waals surface area contributed by atoms with Gasteiger partial charge < -0.3 is 9.47 Å². The number of carbonyl (C=O) groups excluding carboxylic acids is 1. The van der Waals surface area contributed by atoms with Crippen LogP contribution in [0.1, 0.15) is 0 Å². The number of para-hydroxylation sites is 2. The molecule has 0 amide bonds. The second-order valence-electron chi connectivity index (χ2n) is 2.21. The summed E-state index contributed by atoms with van der Waals surface area (Å²) in [6.07, 6.45) is -4.80. The highest BCUT2D eigenvalue weighted by molar-refractivity contribution is 5.50. The quantitative estimate of drug-likeness (QED) is 0.710. The fraction of sp³-hybridized carbons (Fsp3) is 0.125. The zero-order valence-corrected chi connectivity index (χ0v) is 6.75. The number of hydrogen-bond acceptors (Lipinski definition) is 3. The van der Waals surface area contributed by atoms with Gasteiger partial charge in [-0.05, 0) is 12.1 Å². The van der Waals surface area contributed by atoms with Crippen LogP contribution in [-0.2, 0) is 4.79 Å². The fourth-order valence-corrected chi connectivity index (χ4v) is 0.808. The second kappa shape index (κ2) is 3.99. The van der Waals surface area contributed by atoms with Gasteiger partial charge in [-0.25, -0.2) is 0 Å². The van der Waals surface area contributed by atoms with Crippen LogP contribution >= 0.6 is 0 Å². The Morgan fingerprint density at radius 2 is 1.71 bits per heavy atom. The molecule has 0 N–H and O–H groups in total. The number of alkyl halides is 3. The first-order chi connectivity index (χ1) is 6.53. The average Bonchev–Trinajstić information content (AvgIpc) is 2.06. The Hall–Kier alpha value is -1.72. The summed E-state index contributed by atoms with van der Waals surface area (Å²) >= 11 is 0. The molecule has 0 atom stereocenters. The van der Waals surface area contributed by atoms with E-state index in [1.54, 1.807) is 0 Å². The Kier molecular flexibility index (Phi) is 2.95. The molecule has 0 spiro atoms. The Labute approximate surface area is 77.0 Å². The number of halogens is 3. The summed E-state index contributed by atoms with van der Waals surface area (Å²) in [5.41, 5.74) is 0. The molecule has 0 heterocycles. The van der Waals surface area contributed by atoms with Crippen molar-refractivity contribution in [2.45, 2.75) is 6.36 Å². The van der Waals surface area contributed by atoms with Gasteiger partial charge in [0.1, 0.15) is 0 Å². The van der Waals surface area contributed by atoms with Gasteiger partial charge in [0.05, 0.1) is 0 Å². The molecular formula is C8H5F3O3. The van der Waals surface area contributed by atoms with E-state index in [9.17, 15) is 18.0 Å². The minimum Gasteiger partial charge on any atom is -0.425 e. The lowest BCUT2D eigenvalue weighted by Crippen LogP contribution is -2.17. The minimum atomic E-state index is -4.80. The van der Waals surface area contributed by atoms with E-state index in [0.717, 1.165) is 6.07 Å². The summed E-state index contributed by atoms with van der Waals surface area (Å²) in [4.78, 5) is 9.93. The van der Waals surface area contributed by atoms with E-state index in [4.69, 9.17) is 0 Å². The van der Waals surface area contributed by atoms with Crippen LogP contribution in [0.5, 0.6) is 11.5 Å². The highest BCUT2D eigenvalue weighted by Crippen LogP contribution is 2.31. The lowest BCUT2D eigenvalue weighted by atomic mass is 10.3. The second-order valence-corrected chi connectivity index (χ2v) is 2.21. The van der Waals surface area contributed by atoms with E-state index >= 15 is 0 Å². The maximum Gasteiger partial charge on any atom is 0.573 e. The molecule has 6 heteroatoms. The molecule has 3 nitrogen and oxygen atoms in total. The summed E-state index contributed by atoms with van der Waals surface area (Å²) in [7, 11) is 0. The van der Waals surface area contributed by atoms with Crippen LogP contribution in [0.25, 0.3) is 0 Å². The van der Waals surface area contributed by atoms with Gasteiger partial charge in [-0.2, -0.15) is 0 Å². The third kappa shape index (κ3) is 2.96. The SMILES string of the molecule is O=COc1ccccc1OC(F)(F)F. The standard InChI is InChI=1S/C8H5F3O3/c9-8(10,11)14-7-4-2-1-3-6(7)13-5-12/h1-5H. The Balaban J connectivity index is 2.89. The predicted molar refractivity (Wildman–Crippen MR) is 39.8 cm³/mol. The topological polar surface area (TPSA) is 35.5 Å². The smallest absolute Gasteiger partial charge is 0.425 e. The molecule has 0 radical (unpaired) electrons. The van der Waals surface area contributed by atoms with E-state index in [0.29, 0.717) is 0 Å². The van der Waals surface area contributed by atoms with Crippen LogP contribution in [0.15, 0.2) is 24.3 Å². The van der Waals surface area contributed by atoms with Crippen LogP contribution in [-0.4, -0.2) is 12.8 Å². The van der Waals surface area contributed by atoms with Crippen molar-refractivity contribution in [3.8, 4) is 11.5 Å². The summed E-state index contributed by atoms with van der Waals surface area (Å²) < 4.78 is 43.3. The number of rotatable bonds is 3. The molecule has 0 saturated heterocycles. The first-order valence-corrected chi connectivity index (χ1v) is 3.48. The zero-order valence-electron chi connectivity index (χ0n) is 6.75. The van der Waals surface area contributed by atoms with Gasteiger partial charge in [0.15, 0.2) is 11.5 Å². The molecule has 0 saturated carbocycles. The molecule has 76 valence electrons. The van der Waals surface area contributed by atoms with E-state index in [2.05, 4.69) is 9.47 Å². The van der Waals surface area contributed by atoms with E-state index in [1.807, 2.05) is 0 Å². The monoisotopic (exact) mass is 206 g/mol. The molecule has 0 aliphatic rings.